The van der Waals surface area contributed by atoms with E-state index in [1.54, 1.807) is 12.1 Å². The van der Waals surface area contributed by atoms with Crippen LogP contribution in [0.2, 0.25) is 0 Å². The molecule has 17 heavy (non-hydrogen) atoms. The molecule has 0 heterocycles. The lowest BCUT2D eigenvalue weighted by molar-refractivity contribution is 0.0698. The molecule has 0 spiro atoms. The molecule has 0 bridgehead atoms. The lowest BCUT2D eigenvalue weighted by Gasteiger charge is -2.23. The van der Waals surface area contributed by atoms with Gasteiger partial charge < -0.3 is 16.2 Å². The first-order chi connectivity index (χ1) is 7.85. The second-order valence-electron chi connectivity index (χ2n) is 4.98. The van der Waals surface area contributed by atoms with Gasteiger partial charge >= 0.3 is 5.97 Å². The van der Waals surface area contributed by atoms with Crippen LogP contribution in [-0.2, 0) is 0 Å². The summed E-state index contributed by atoms with van der Waals surface area (Å²) in [6.45, 7) is 7.32. The smallest absolute Gasteiger partial charge is 0.337 e. The first-order valence-corrected chi connectivity index (χ1v) is 5.72. The Hall–Kier alpha value is -1.71. The highest BCUT2D eigenvalue weighted by Crippen LogP contribution is 2.22. The van der Waals surface area contributed by atoms with Gasteiger partial charge in [-0.3, -0.25) is 0 Å². The number of hydrogen-bond donors (Lipinski definition) is 3. The molecule has 0 aliphatic heterocycles. The van der Waals surface area contributed by atoms with E-state index in [-0.39, 0.29) is 16.7 Å². The number of carboxylic acids is 1. The molecule has 0 aromatic heterocycles. The van der Waals surface area contributed by atoms with Gasteiger partial charge in [0.25, 0.3) is 0 Å². The third kappa shape index (κ3) is 3.66. The first-order valence-electron chi connectivity index (χ1n) is 5.72. The molecular formula is C13H20N2O2. The Morgan fingerprint density at radius 3 is 2.59 bits per heavy atom. The van der Waals surface area contributed by atoms with Crippen molar-refractivity contribution in [2.75, 3.05) is 17.6 Å². The van der Waals surface area contributed by atoms with E-state index in [1.165, 1.54) is 6.07 Å². The van der Waals surface area contributed by atoms with E-state index in [2.05, 4.69) is 26.1 Å². The monoisotopic (exact) mass is 236 g/mol. The Morgan fingerprint density at radius 1 is 1.47 bits per heavy atom. The van der Waals surface area contributed by atoms with E-state index in [0.29, 0.717) is 0 Å². The number of rotatable bonds is 5. The zero-order valence-electron chi connectivity index (χ0n) is 10.6. The Balaban J connectivity index is 2.75. The van der Waals surface area contributed by atoms with Gasteiger partial charge in [0.1, 0.15) is 0 Å². The number of benzene rings is 1. The highest BCUT2D eigenvalue weighted by atomic mass is 16.4. The summed E-state index contributed by atoms with van der Waals surface area (Å²) in [6, 6.07) is 4.93. The molecule has 0 aliphatic rings. The van der Waals surface area contributed by atoms with E-state index < -0.39 is 5.97 Å². The molecule has 1 rings (SSSR count). The lowest BCUT2D eigenvalue weighted by atomic mass is 9.90. The van der Waals surface area contributed by atoms with Crippen LogP contribution >= 0.6 is 0 Å². The van der Waals surface area contributed by atoms with Crippen molar-refractivity contribution in [2.45, 2.75) is 27.2 Å². The highest BCUT2D eigenvalue weighted by Gasteiger charge is 2.15. The standard InChI is InChI=1S/C13H20N2O2/c1-4-13(2,3)8-15-9-5-6-10(12(16)17)11(14)7-9/h5-7,15H,4,8,14H2,1-3H3,(H,16,17). The van der Waals surface area contributed by atoms with Gasteiger partial charge in [-0.1, -0.05) is 20.8 Å². The minimum absolute atomic E-state index is 0.144. The predicted molar refractivity (Wildman–Crippen MR) is 70.4 cm³/mol. The second kappa shape index (κ2) is 5.08. The molecule has 94 valence electrons. The number of nitrogens with one attached hydrogen (secondary N) is 1. The molecule has 0 radical (unpaired) electrons. The fourth-order valence-corrected chi connectivity index (χ4v) is 1.33. The molecule has 4 nitrogen and oxygen atoms in total. The zero-order chi connectivity index (χ0) is 13.1. The Morgan fingerprint density at radius 2 is 2.12 bits per heavy atom. The van der Waals surface area contributed by atoms with E-state index in [4.69, 9.17) is 10.8 Å². The van der Waals surface area contributed by atoms with Gasteiger partial charge in [-0.2, -0.15) is 0 Å². The van der Waals surface area contributed by atoms with E-state index >= 15 is 0 Å². The molecular weight excluding hydrogens is 216 g/mol. The molecule has 0 aliphatic carbocycles. The van der Waals surface area contributed by atoms with Crippen LogP contribution < -0.4 is 11.1 Å². The molecule has 0 amide bonds. The fourth-order valence-electron chi connectivity index (χ4n) is 1.33. The Bertz CT molecular complexity index is 414. The minimum atomic E-state index is -0.997. The SMILES string of the molecule is CCC(C)(C)CNc1ccc(C(=O)O)c(N)c1. The average Bonchev–Trinajstić information content (AvgIpc) is 2.26. The van der Waals surface area contributed by atoms with Gasteiger partial charge in [0, 0.05) is 17.9 Å². The van der Waals surface area contributed by atoms with Gasteiger partial charge in [-0.05, 0) is 30.0 Å². The quantitative estimate of drug-likeness (QED) is 0.687. The maximum Gasteiger partial charge on any atom is 0.337 e. The molecule has 4 N–H and O–H groups in total. The third-order valence-corrected chi connectivity index (χ3v) is 3.01. The largest absolute Gasteiger partial charge is 0.478 e. The zero-order valence-corrected chi connectivity index (χ0v) is 10.6. The average molecular weight is 236 g/mol. The van der Waals surface area contributed by atoms with Crippen LogP contribution in [0.25, 0.3) is 0 Å². The van der Waals surface area contributed by atoms with Crippen LogP contribution in [0.3, 0.4) is 0 Å². The topological polar surface area (TPSA) is 75.3 Å². The first kappa shape index (κ1) is 13.4. The molecule has 1 aromatic rings. The molecule has 0 saturated carbocycles. The van der Waals surface area contributed by atoms with Crippen LogP contribution in [0.1, 0.15) is 37.6 Å². The Labute approximate surface area is 102 Å². The van der Waals surface area contributed by atoms with Crippen molar-refractivity contribution < 1.29 is 9.90 Å². The van der Waals surface area contributed by atoms with Crippen LogP contribution in [-0.4, -0.2) is 17.6 Å². The molecule has 4 heteroatoms. The van der Waals surface area contributed by atoms with Crippen LogP contribution in [0, 0.1) is 5.41 Å². The van der Waals surface area contributed by atoms with Crippen LogP contribution in [0.5, 0.6) is 0 Å². The van der Waals surface area contributed by atoms with Crippen molar-refractivity contribution in [3.8, 4) is 0 Å². The number of hydrogen-bond acceptors (Lipinski definition) is 3. The van der Waals surface area contributed by atoms with E-state index in [9.17, 15) is 4.79 Å². The second-order valence-corrected chi connectivity index (χ2v) is 4.98. The summed E-state index contributed by atoms with van der Waals surface area (Å²) in [5.74, 6) is -0.997. The molecule has 1 aromatic carbocycles. The summed E-state index contributed by atoms with van der Waals surface area (Å²) in [6.07, 6.45) is 1.07. The maximum absolute atomic E-state index is 10.8. The number of aromatic carboxylic acids is 1. The third-order valence-electron chi connectivity index (χ3n) is 3.01. The number of carbonyl (C=O) groups is 1. The van der Waals surface area contributed by atoms with Crippen molar-refractivity contribution in [3.63, 3.8) is 0 Å². The summed E-state index contributed by atoms with van der Waals surface area (Å²) in [4.78, 5) is 10.8. The molecule has 0 atom stereocenters. The Kier molecular flexibility index (Phi) is 3.99. The van der Waals surface area contributed by atoms with Crippen molar-refractivity contribution >= 4 is 17.3 Å². The van der Waals surface area contributed by atoms with Crippen molar-refractivity contribution in [1.29, 1.82) is 0 Å². The number of nitrogen functional groups attached to an aromatic ring is 1. The number of nitrogens with two attached hydrogens (primary N) is 1. The normalized spacial score (nSPS) is 11.2. The fraction of sp³-hybridized carbons (Fsp3) is 0.462. The summed E-state index contributed by atoms with van der Waals surface area (Å²) < 4.78 is 0. The van der Waals surface area contributed by atoms with E-state index in [0.717, 1.165) is 18.7 Å². The molecule has 0 fully saturated rings. The minimum Gasteiger partial charge on any atom is -0.478 e. The van der Waals surface area contributed by atoms with Crippen molar-refractivity contribution in [2.24, 2.45) is 5.41 Å². The maximum atomic E-state index is 10.8. The van der Waals surface area contributed by atoms with Crippen LogP contribution in [0.15, 0.2) is 18.2 Å². The summed E-state index contributed by atoms with van der Waals surface area (Å²) >= 11 is 0. The molecule has 0 saturated heterocycles. The lowest BCUT2D eigenvalue weighted by Crippen LogP contribution is -2.22. The van der Waals surface area contributed by atoms with Gasteiger partial charge in [-0.25, -0.2) is 4.79 Å². The summed E-state index contributed by atoms with van der Waals surface area (Å²) in [5, 5.41) is 12.1. The number of carboxylic acid groups (broad SMARTS) is 1. The van der Waals surface area contributed by atoms with Gasteiger partial charge in [0.15, 0.2) is 0 Å². The van der Waals surface area contributed by atoms with Gasteiger partial charge in [-0.15, -0.1) is 0 Å². The highest BCUT2D eigenvalue weighted by molar-refractivity contribution is 5.94. The number of anilines is 2. The molecule has 0 unspecified atom stereocenters. The van der Waals surface area contributed by atoms with Gasteiger partial charge in [0.05, 0.1) is 5.56 Å². The summed E-state index contributed by atoms with van der Waals surface area (Å²) in [7, 11) is 0. The van der Waals surface area contributed by atoms with Crippen LogP contribution in [0.4, 0.5) is 11.4 Å². The summed E-state index contributed by atoms with van der Waals surface area (Å²) in [5.41, 5.74) is 7.17. The van der Waals surface area contributed by atoms with Gasteiger partial charge in [0.2, 0.25) is 0 Å². The van der Waals surface area contributed by atoms with E-state index in [1.807, 2.05) is 0 Å². The van der Waals surface area contributed by atoms with Crippen molar-refractivity contribution in [3.05, 3.63) is 23.8 Å². The predicted octanol–water partition coefficient (Wildman–Crippen LogP) is 2.82. The van der Waals surface area contributed by atoms with Crippen molar-refractivity contribution in [1.82, 2.24) is 0 Å².